The molecule has 0 unspecified atom stereocenters. The van der Waals surface area contributed by atoms with Gasteiger partial charge in [0.25, 0.3) is 12.0 Å². The predicted molar refractivity (Wildman–Crippen MR) is 82.4 cm³/mol. The number of halogens is 2. The van der Waals surface area contributed by atoms with E-state index in [1.54, 1.807) is 31.2 Å². The molecule has 2 heterocycles. The largest absolute Gasteiger partial charge is 0.472 e. The van der Waals surface area contributed by atoms with Crippen LogP contribution in [0.3, 0.4) is 0 Å². The maximum atomic E-state index is 12.5. The minimum Gasteiger partial charge on any atom is -0.472 e. The van der Waals surface area contributed by atoms with Gasteiger partial charge >= 0.3 is 0 Å². The summed E-state index contributed by atoms with van der Waals surface area (Å²) < 4.78 is 31.7. The summed E-state index contributed by atoms with van der Waals surface area (Å²) in [5.74, 6) is 0.620. The number of benzene rings is 1. The third-order valence-corrected chi connectivity index (χ3v) is 3.32. The number of H-pyrrole nitrogens is 1. The lowest BCUT2D eigenvalue weighted by Crippen LogP contribution is -2.15. The number of aromatic nitrogens is 4. The third-order valence-electron chi connectivity index (χ3n) is 3.32. The van der Waals surface area contributed by atoms with E-state index in [1.165, 1.54) is 22.9 Å². The molecule has 0 amide bonds. The Kier molecular flexibility index (Phi) is 4.37. The smallest absolute Gasteiger partial charge is 0.272 e. The van der Waals surface area contributed by atoms with E-state index in [-0.39, 0.29) is 23.6 Å². The minimum atomic E-state index is -2.49. The maximum absolute atomic E-state index is 12.5. The summed E-state index contributed by atoms with van der Waals surface area (Å²) in [6.45, 7) is 1.95. The normalized spacial score (nSPS) is 11.0. The van der Waals surface area contributed by atoms with Gasteiger partial charge in [0.1, 0.15) is 6.61 Å². The van der Waals surface area contributed by atoms with Gasteiger partial charge in [-0.05, 0) is 18.6 Å². The zero-order valence-corrected chi connectivity index (χ0v) is 12.7. The molecule has 0 radical (unpaired) electrons. The zero-order valence-electron chi connectivity index (χ0n) is 12.7. The molecule has 0 aliphatic heterocycles. The molecule has 0 fully saturated rings. The van der Waals surface area contributed by atoms with Crippen LogP contribution in [0, 0.1) is 6.92 Å². The second-order valence-electron chi connectivity index (χ2n) is 5.17. The van der Waals surface area contributed by atoms with Crippen LogP contribution in [0.1, 0.15) is 23.2 Å². The Balaban J connectivity index is 1.66. The summed E-state index contributed by atoms with van der Waals surface area (Å²) >= 11 is 0. The standard InChI is InChI=1S/C16H14F2N4O2/c1-10-8-15(23)22(21-10)13-6-7-14(20-19-13)24-9-11-2-4-12(5-3-11)16(17)18/h2-8,16,21H,9H2,1H3. The number of rotatable bonds is 5. The molecule has 6 nitrogen and oxygen atoms in total. The molecule has 1 N–H and O–H groups in total. The van der Waals surface area contributed by atoms with Crippen molar-refractivity contribution >= 4 is 0 Å². The van der Waals surface area contributed by atoms with Gasteiger partial charge in [0.05, 0.1) is 0 Å². The Morgan fingerprint density at radius 1 is 1.17 bits per heavy atom. The van der Waals surface area contributed by atoms with Crippen molar-refractivity contribution in [1.29, 1.82) is 0 Å². The third kappa shape index (κ3) is 3.48. The second-order valence-corrected chi connectivity index (χ2v) is 5.17. The molecule has 2 aromatic heterocycles. The maximum Gasteiger partial charge on any atom is 0.272 e. The molecule has 0 aliphatic carbocycles. The summed E-state index contributed by atoms with van der Waals surface area (Å²) in [5.41, 5.74) is 1.19. The molecule has 0 saturated heterocycles. The molecular formula is C16H14F2N4O2. The van der Waals surface area contributed by atoms with E-state index in [9.17, 15) is 13.6 Å². The van der Waals surface area contributed by atoms with Crippen LogP contribution in [-0.2, 0) is 6.61 Å². The Labute approximate surface area is 135 Å². The van der Waals surface area contributed by atoms with Crippen LogP contribution >= 0.6 is 0 Å². The van der Waals surface area contributed by atoms with Crippen LogP contribution in [0.5, 0.6) is 5.88 Å². The summed E-state index contributed by atoms with van der Waals surface area (Å²) in [6, 6.07) is 10.5. The number of nitrogens with one attached hydrogen (secondary N) is 1. The molecule has 24 heavy (non-hydrogen) atoms. The fourth-order valence-electron chi connectivity index (χ4n) is 2.11. The fourth-order valence-corrected chi connectivity index (χ4v) is 2.11. The summed E-state index contributed by atoms with van der Waals surface area (Å²) in [4.78, 5) is 11.7. The number of alkyl halides is 2. The van der Waals surface area contributed by atoms with Crippen LogP contribution in [0.15, 0.2) is 47.3 Å². The summed E-state index contributed by atoms with van der Waals surface area (Å²) in [6.07, 6.45) is -2.49. The minimum absolute atomic E-state index is 0.0328. The lowest BCUT2D eigenvalue weighted by atomic mass is 10.1. The number of hydrogen-bond donors (Lipinski definition) is 1. The van der Waals surface area contributed by atoms with Crippen molar-refractivity contribution in [3.05, 3.63) is 69.6 Å². The zero-order chi connectivity index (χ0) is 17.1. The van der Waals surface area contributed by atoms with E-state index in [2.05, 4.69) is 15.3 Å². The van der Waals surface area contributed by atoms with Gasteiger partial charge in [0.2, 0.25) is 5.88 Å². The van der Waals surface area contributed by atoms with Crippen LogP contribution in [-0.4, -0.2) is 20.0 Å². The molecule has 0 atom stereocenters. The van der Waals surface area contributed by atoms with Gasteiger partial charge < -0.3 is 4.74 Å². The highest BCUT2D eigenvalue weighted by atomic mass is 19.3. The Bertz CT molecular complexity index is 870. The first-order chi connectivity index (χ1) is 11.5. The Morgan fingerprint density at radius 3 is 2.46 bits per heavy atom. The molecule has 1 aromatic carbocycles. The number of nitrogens with zero attached hydrogens (tertiary/aromatic N) is 3. The first-order valence-electron chi connectivity index (χ1n) is 7.15. The average molecular weight is 332 g/mol. The Hall–Kier alpha value is -3.03. The molecule has 3 aromatic rings. The number of aromatic amines is 1. The highest BCUT2D eigenvalue weighted by Crippen LogP contribution is 2.19. The Morgan fingerprint density at radius 2 is 1.92 bits per heavy atom. The fraction of sp³-hybridized carbons (Fsp3) is 0.188. The molecular weight excluding hydrogens is 318 g/mol. The molecule has 0 aliphatic rings. The van der Waals surface area contributed by atoms with E-state index in [1.807, 2.05) is 0 Å². The van der Waals surface area contributed by atoms with Crippen molar-refractivity contribution in [2.75, 3.05) is 0 Å². The van der Waals surface area contributed by atoms with Crippen LogP contribution in [0.2, 0.25) is 0 Å². The van der Waals surface area contributed by atoms with Gasteiger partial charge in [-0.3, -0.25) is 9.89 Å². The number of aryl methyl sites for hydroxylation is 1. The number of hydrogen-bond acceptors (Lipinski definition) is 4. The number of ether oxygens (including phenoxy) is 1. The van der Waals surface area contributed by atoms with Gasteiger partial charge in [-0.15, -0.1) is 10.2 Å². The van der Waals surface area contributed by atoms with Gasteiger partial charge in [0, 0.05) is 23.4 Å². The molecule has 0 spiro atoms. The first kappa shape index (κ1) is 15.9. The molecule has 3 rings (SSSR count). The molecule has 0 bridgehead atoms. The second kappa shape index (κ2) is 6.61. The van der Waals surface area contributed by atoms with Gasteiger partial charge in [-0.2, -0.15) is 4.68 Å². The lowest BCUT2D eigenvalue weighted by Gasteiger charge is -2.06. The summed E-state index contributed by atoms with van der Waals surface area (Å²) in [7, 11) is 0. The van der Waals surface area contributed by atoms with E-state index < -0.39 is 6.43 Å². The van der Waals surface area contributed by atoms with Crippen LogP contribution in [0.25, 0.3) is 5.82 Å². The van der Waals surface area contributed by atoms with E-state index in [4.69, 9.17) is 4.74 Å². The topological polar surface area (TPSA) is 72.8 Å². The first-order valence-corrected chi connectivity index (χ1v) is 7.15. The van der Waals surface area contributed by atoms with Crippen molar-refractivity contribution in [1.82, 2.24) is 20.0 Å². The SMILES string of the molecule is Cc1cc(=O)n(-c2ccc(OCc3ccc(C(F)F)cc3)nn2)[nH]1. The van der Waals surface area contributed by atoms with Crippen LogP contribution in [0.4, 0.5) is 8.78 Å². The molecule has 8 heteroatoms. The summed E-state index contributed by atoms with van der Waals surface area (Å²) in [5, 5.41) is 10.7. The lowest BCUT2D eigenvalue weighted by molar-refractivity contribution is 0.151. The van der Waals surface area contributed by atoms with Crippen molar-refractivity contribution in [3.63, 3.8) is 0 Å². The van der Waals surface area contributed by atoms with Gasteiger partial charge in [-0.1, -0.05) is 24.3 Å². The highest BCUT2D eigenvalue weighted by molar-refractivity contribution is 5.25. The average Bonchev–Trinajstić information content (AvgIpc) is 2.92. The van der Waals surface area contributed by atoms with Gasteiger partial charge in [0.15, 0.2) is 5.82 Å². The monoisotopic (exact) mass is 332 g/mol. The van der Waals surface area contributed by atoms with E-state index in [0.717, 1.165) is 11.3 Å². The quantitative estimate of drug-likeness (QED) is 0.780. The molecule has 0 saturated carbocycles. The van der Waals surface area contributed by atoms with Crippen LogP contribution < -0.4 is 10.3 Å². The van der Waals surface area contributed by atoms with E-state index >= 15 is 0 Å². The molecule has 124 valence electrons. The predicted octanol–water partition coefficient (Wildman–Crippen LogP) is 2.78. The highest BCUT2D eigenvalue weighted by Gasteiger charge is 2.07. The van der Waals surface area contributed by atoms with E-state index in [0.29, 0.717) is 5.82 Å². The van der Waals surface area contributed by atoms with Crippen molar-refractivity contribution < 1.29 is 13.5 Å². The van der Waals surface area contributed by atoms with Crippen molar-refractivity contribution in [2.24, 2.45) is 0 Å². The van der Waals surface area contributed by atoms with Gasteiger partial charge in [-0.25, -0.2) is 8.78 Å². The van der Waals surface area contributed by atoms with Crippen molar-refractivity contribution in [3.8, 4) is 11.7 Å². The van der Waals surface area contributed by atoms with Crippen molar-refractivity contribution in [2.45, 2.75) is 20.0 Å².